The fourth-order valence-electron chi connectivity index (χ4n) is 3.26. The summed E-state index contributed by atoms with van der Waals surface area (Å²) in [6, 6.07) is 1.78. The zero-order chi connectivity index (χ0) is 15.8. The Bertz CT molecular complexity index is 764. The lowest BCUT2D eigenvalue weighted by molar-refractivity contribution is 0.0760. The van der Waals surface area contributed by atoms with Crippen molar-refractivity contribution in [2.45, 2.75) is 32.2 Å². The first-order valence-electron chi connectivity index (χ1n) is 7.99. The fraction of sp³-hybridized carbons (Fsp3) is 0.562. The van der Waals surface area contributed by atoms with Crippen LogP contribution >= 0.6 is 11.8 Å². The van der Waals surface area contributed by atoms with Crippen LogP contribution < -0.4 is 5.56 Å². The van der Waals surface area contributed by atoms with E-state index >= 15 is 0 Å². The SMILES string of the molecule is Cc1oncc1CN1CC(Cn2nc3c(cc2=O)CSCC3)C1. The average Bonchev–Trinajstić information content (AvgIpc) is 2.90. The van der Waals surface area contributed by atoms with E-state index in [2.05, 4.69) is 15.2 Å². The van der Waals surface area contributed by atoms with Gasteiger partial charge in [0.25, 0.3) is 5.56 Å². The highest BCUT2D eigenvalue weighted by Gasteiger charge is 2.28. The molecule has 1 saturated heterocycles. The van der Waals surface area contributed by atoms with Crippen LogP contribution in [0.25, 0.3) is 0 Å². The van der Waals surface area contributed by atoms with Gasteiger partial charge in [0.1, 0.15) is 5.76 Å². The largest absolute Gasteiger partial charge is 0.361 e. The minimum absolute atomic E-state index is 0.0413. The second kappa shape index (κ2) is 6.13. The molecule has 0 unspecified atom stereocenters. The number of aryl methyl sites for hydroxylation is 2. The molecule has 0 aromatic carbocycles. The van der Waals surface area contributed by atoms with Crippen molar-refractivity contribution < 1.29 is 4.52 Å². The summed E-state index contributed by atoms with van der Waals surface area (Å²) in [4.78, 5) is 14.6. The highest BCUT2D eigenvalue weighted by molar-refractivity contribution is 7.98. The molecule has 2 aliphatic heterocycles. The summed E-state index contributed by atoms with van der Waals surface area (Å²) < 4.78 is 6.76. The van der Waals surface area contributed by atoms with Crippen molar-refractivity contribution >= 4 is 11.8 Å². The molecule has 2 aromatic rings. The number of hydrogen-bond acceptors (Lipinski definition) is 6. The van der Waals surface area contributed by atoms with E-state index in [0.717, 1.165) is 66.7 Å². The third-order valence-corrected chi connectivity index (χ3v) is 5.62. The molecule has 23 heavy (non-hydrogen) atoms. The molecule has 2 aromatic heterocycles. The molecule has 0 radical (unpaired) electrons. The standard InChI is InChI=1S/C16H20N4O2S/c1-11-14(5-17-22-11)9-19-6-12(7-19)8-20-16(21)4-13-10-23-3-2-15(13)18-20/h4-5,12H,2-3,6-10H2,1H3. The van der Waals surface area contributed by atoms with Crippen molar-refractivity contribution in [1.82, 2.24) is 19.8 Å². The van der Waals surface area contributed by atoms with Crippen molar-refractivity contribution in [3.05, 3.63) is 45.2 Å². The smallest absolute Gasteiger partial charge is 0.267 e. The zero-order valence-electron chi connectivity index (χ0n) is 13.2. The summed E-state index contributed by atoms with van der Waals surface area (Å²) in [6.07, 6.45) is 2.76. The number of likely N-dealkylation sites (tertiary alicyclic amines) is 1. The maximum absolute atomic E-state index is 12.2. The third-order valence-electron chi connectivity index (χ3n) is 4.61. The fourth-order valence-corrected chi connectivity index (χ4v) is 4.21. The summed E-state index contributed by atoms with van der Waals surface area (Å²) in [5.74, 6) is 3.41. The molecular weight excluding hydrogens is 312 g/mol. The number of aromatic nitrogens is 3. The average molecular weight is 332 g/mol. The van der Waals surface area contributed by atoms with E-state index in [4.69, 9.17) is 4.52 Å². The van der Waals surface area contributed by atoms with E-state index in [1.807, 2.05) is 18.7 Å². The molecular formula is C16H20N4O2S. The molecule has 0 atom stereocenters. The van der Waals surface area contributed by atoms with Crippen LogP contribution in [0.4, 0.5) is 0 Å². The maximum atomic E-state index is 12.2. The normalized spacial score (nSPS) is 18.7. The van der Waals surface area contributed by atoms with Crippen LogP contribution in [0.5, 0.6) is 0 Å². The highest BCUT2D eigenvalue weighted by atomic mass is 32.2. The minimum atomic E-state index is 0.0413. The number of nitrogens with zero attached hydrogens (tertiary/aromatic N) is 4. The first kappa shape index (κ1) is 15.0. The summed E-state index contributed by atoms with van der Waals surface area (Å²) in [5, 5.41) is 8.41. The Morgan fingerprint density at radius 1 is 1.43 bits per heavy atom. The van der Waals surface area contributed by atoms with Gasteiger partial charge in [0.15, 0.2) is 0 Å². The molecule has 0 aliphatic carbocycles. The molecule has 2 aliphatic rings. The lowest BCUT2D eigenvalue weighted by atomic mass is 9.99. The van der Waals surface area contributed by atoms with Crippen LogP contribution in [0.15, 0.2) is 21.6 Å². The van der Waals surface area contributed by atoms with Crippen LogP contribution in [-0.4, -0.2) is 38.7 Å². The maximum Gasteiger partial charge on any atom is 0.267 e. The summed E-state index contributed by atoms with van der Waals surface area (Å²) in [7, 11) is 0. The molecule has 0 bridgehead atoms. The summed E-state index contributed by atoms with van der Waals surface area (Å²) in [6.45, 7) is 5.51. The van der Waals surface area contributed by atoms with E-state index in [-0.39, 0.29) is 5.56 Å². The number of fused-ring (bicyclic) bond motifs is 1. The van der Waals surface area contributed by atoms with Crippen LogP contribution in [0.1, 0.15) is 22.6 Å². The minimum Gasteiger partial charge on any atom is -0.361 e. The molecule has 122 valence electrons. The van der Waals surface area contributed by atoms with Gasteiger partial charge < -0.3 is 4.52 Å². The van der Waals surface area contributed by atoms with Crippen molar-refractivity contribution in [1.29, 1.82) is 0 Å². The van der Waals surface area contributed by atoms with Gasteiger partial charge in [-0.15, -0.1) is 0 Å². The highest BCUT2D eigenvalue weighted by Crippen LogP contribution is 2.23. The first-order valence-corrected chi connectivity index (χ1v) is 9.14. The lowest BCUT2D eigenvalue weighted by Crippen LogP contribution is -2.49. The monoisotopic (exact) mass is 332 g/mol. The predicted molar refractivity (Wildman–Crippen MR) is 88.4 cm³/mol. The van der Waals surface area contributed by atoms with Gasteiger partial charge >= 0.3 is 0 Å². The Morgan fingerprint density at radius 3 is 3.09 bits per heavy atom. The Morgan fingerprint density at radius 2 is 2.30 bits per heavy atom. The van der Waals surface area contributed by atoms with E-state index in [1.54, 1.807) is 16.9 Å². The van der Waals surface area contributed by atoms with Crippen molar-refractivity contribution in [2.24, 2.45) is 5.92 Å². The summed E-state index contributed by atoms with van der Waals surface area (Å²) in [5.41, 5.74) is 3.42. The van der Waals surface area contributed by atoms with Gasteiger partial charge in [-0.1, -0.05) is 5.16 Å². The first-order chi connectivity index (χ1) is 11.2. The van der Waals surface area contributed by atoms with E-state index in [0.29, 0.717) is 5.92 Å². The molecule has 0 amide bonds. The quantitative estimate of drug-likeness (QED) is 0.845. The topological polar surface area (TPSA) is 64.2 Å². The number of hydrogen-bond donors (Lipinski definition) is 0. The van der Waals surface area contributed by atoms with Gasteiger partial charge in [0.05, 0.1) is 18.4 Å². The zero-order valence-corrected chi connectivity index (χ0v) is 14.0. The molecule has 4 heterocycles. The van der Waals surface area contributed by atoms with E-state index in [9.17, 15) is 4.79 Å². The Kier molecular flexibility index (Phi) is 3.98. The van der Waals surface area contributed by atoms with Gasteiger partial charge in [-0.3, -0.25) is 9.69 Å². The van der Waals surface area contributed by atoms with Crippen molar-refractivity contribution in [2.75, 3.05) is 18.8 Å². The second-order valence-corrected chi connectivity index (χ2v) is 7.51. The van der Waals surface area contributed by atoms with Gasteiger partial charge in [-0.2, -0.15) is 16.9 Å². The van der Waals surface area contributed by atoms with Crippen LogP contribution in [-0.2, 0) is 25.3 Å². The van der Waals surface area contributed by atoms with Gasteiger partial charge in [-0.25, -0.2) is 4.68 Å². The van der Waals surface area contributed by atoms with Gasteiger partial charge in [0.2, 0.25) is 0 Å². The Hall–Kier alpha value is -1.60. The van der Waals surface area contributed by atoms with Crippen molar-refractivity contribution in [3.63, 3.8) is 0 Å². The van der Waals surface area contributed by atoms with Gasteiger partial charge in [0, 0.05) is 49.4 Å². The molecule has 1 fully saturated rings. The molecule has 6 nitrogen and oxygen atoms in total. The summed E-state index contributed by atoms with van der Waals surface area (Å²) >= 11 is 1.88. The van der Waals surface area contributed by atoms with E-state index in [1.165, 1.54) is 0 Å². The molecule has 0 saturated carbocycles. The molecule has 7 heteroatoms. The van der Waals surface area contributed by atoms with Gasteiger partial charge in [-0.05, 0) is 18.2 Å². The number of thioether (sulfide) groups is 1. The molecule has 0 N–H and O–H groups in total. The predicted octanol–water partition coefficient (Wildman–Crippen LogP) is 1.46. The van der Waals surface area contributed by atoms with Crippen molar-refractivity contribution in [3.8, 4) is 0 Å². The van der Waals surface area contributed by atoms with Crippen LogP contribution in [0.2, 0.25) is 0 Å². The van der Waals surface area contributed by atoms with E-state index < -0.39 is 0 Å². The molecule has 4 rings (SSSR count). The Labute approximate surface area is 138 Å². The molecule has 0 spiro atoms. The third kappa shape index (κ3) is 3.07. The second-order valence-electron chi connectivity index (χ2n) is 6.41. The van der Waals surface area contributed by atoms with Crippen LogP contribution in [0, 0.1) is 12.8 Å². The van der Waals surface area contributed by atoms with Crippen LogP contribution in [0.3, 0.4) is 0 Å². The number of rotatable bonds is 4. The Balaban J connectivity index is 1.37. The lowest BCUT2D eigenvalue weighted by Gasteiger charge is -2.39.